The summed E-state index contributed by atoms with van der Waals surface area (Å²) in [5.41, 5.74) is 0.781. The minimum atomic E-state index is -0.435. The van der Waals surface area contributed by atoms with E-state index in [1.807, 2.05) is 0 Å². The first-order valence-corrected chi connectivity index (χ1v) is 4.94. The molecule has 0 aliphatic heterocycles. The molecule has 0 spiro atoms. The van der Waals surface area contributed by atoms with Crippen LogP contribution >= 0.6 is 0 Å². The van der Waals surface area contributed by atoms with Gasteiger partial charge in [-0.3, -0.25) is 4.79 Å². The zero-order chi connectivity index (χ0) is 10.3. The first-order valence-electron chi connectivity index (χ1n) is 4.94. The van der Waals surface area contributed by atoms with Gasteiger partial charge in [0, 0.05) is 0 Å². The topological polar surface area (TPSA) is 37.3 Å². The second-order valence-electron chi connectivity index (χ2n) is 3.51. The Morgan fingerprint density at radius 3 is 2.46 bits per heavy atom. The summed E-state index contributed by atoms with van der Waals surface area (Å²) in [6.45, 7) is 5.44. The van der Waals surface area contributed by atoms with Crippen molar-refractivity contribution in [2.24, 2.45) is 0 Å². The standard InChI is InChI=1S/C11H20O2/c1-4-5-6-7-11(13)9(2)8-10(3)12/h8,11,13H,4-7H2,1-3H3. The van der Waals surface area contributed by atoms with Gasteiger partial charge in [0.05, 0.1) is 6.10 Å². The molecule has 76 valence electrons. The van der Waals surface area contributed by atoms with E-state index in [1.165, 1.54) is 13.0 Å². The molecule has 1 unspecified atom stereocenters. The molecule has 2 heteroatoms. The van der Waals surface area contributed by atoms with E-state index in [2.05, 4.69) is 6.92 Å². The van der Waals surface area contributed by atoms with E-state index < -0.39 is 6.10 Å². The summed E-state index contributed by atoms with van der Waals surface area (Å²) in [5, 5.41) is 9.57. The van der Waals surface area contributed by atoms with Gasteiger partial charge in [-0.15, -0.1) is 0 Å². The van der Waals surface area contributed by atoms with Crippen LogP contribution in [0.5, 0.6) is 0 Å². The number of aliphatic hydroxyl groups excluding tert-OH is 1. The lowest BCUT2D eigenvalue weighted by Gasteiger charge is -2.09. The molecule has 0 aromatic carbocycles. The molecule has 0 aromatic heterocycles. The Morgan fingerprint density at radius 2 is 2.00 bits per heavy atom. The number of hydrogen-bond acceptors (Lipinski definition) is 2. The smallest absolute Gasteiger partial charge is 0.152 e. The average Bonchev–Trinajstić information content (AvgIpc) is 2.03. The molecule has 13 heavy (non-hydrogen) atoms. The molecule has 1 N–H and O–H groups in total. The Hall–Kier alpha value is -0.630. The quantitative estimate of drug-likeness (QED) is 0.508. The predicted molar refractivity (Wildman–Crippen MR) is 54.6 cm³/mol. The lowest BCUT2D eigenvalue weighted by Crippen LogP contribution is -2.08. The molecule has 0 saturated heterocycles. The fourth-order valence-electron chi connectivity index (χ4n) is 1.23. The van der Waals surface area contributed by atoms with Crippen molar-refractivity contribution < 1.29 is 9.90 Å². The third kappa shape index (κ3) is 6.52. The SMILES string of the molecule is CCCCCC(O)C(C)=CC(C)=O. The Morgan fingerprint density at radius 1 is 1.38 bits per heavy atom. The van der Waals surface area contributed by atoms with Gasteiger partial charge in [0.1, 0.15) is 0 Å². The third-order valence-electron chi connectivity index (χ3n) is 2.04. The number of rotatable bonds is 6. The number of hydrogen-bond donors (Lipinski definition) is 1. The number of carbonyl (C=O) groups excluding carboxylic acids is 1. The molecule has 0 saturated carbocycles. The number of unbranched alkanes of at least 4 members (excludes halogenated alkanes) is 2. The van der Waals surface area contributed by atoms with Gasteiger partial charge in [-0.1, -0.05) is 26.2 Å². The second kappa shape index (κ2) is 6.84. The third-order valence-corrected chi connectivity index (χ3v) is 2.04. The summed E-state index contributed by atoms with van der Waals surface area (Å²) in [6, 6.07) is 0. The van der Waals surface area contributed by atoms with Gasteiger partial charge in [-0.05, 0) is 31.9 Å². The van der Waals surface area contributed by atoms with Crippen molar-refractivity contribution in [3.8, 4) is 0 Å². The molecular formula is C11H20O2. The van der Waals surface area contributed by atoms with E-state index in [-0.39, 0.29) is 5.78 Å². The largest absolute Gasteiger partial charge is 0.389 e. The van der Waals surface area contributed by atoms with Gasteiger partial charge in [0.25, 0.3) is 0 Å². The molecule has 0 amide bonds. The van der Waals surface area contributed by atoms with Crippen LogP contribution in [0.2, 0.25) is 0 Å². The monoisotopic (exact) mass is 184 g/mol. The highest BCUT2D eigenvalue weighted by Gasteiger charge is 2.05. The van der Waals surface area contributed by atoms with Crippen molar-refractivity contribution in [2.75, 3.05) is 0 Å². The van der Waals surface area contributed by atoms with Crippen LogP contribution < -0.4 is 0 Å². The van der Waals surface area contributed by atoms with E-state index in [1.54, 1.807) is 6.92 Å². The zero-order valence-electron chi connectivity index (χ0n) is 8.84. The van der Waals surface area contributed by atoms with Crippen molar-refractivity contribution in [1.29, 1.82) is 0 Å². The Bertz CT molecular complexity index is 183. The van der Waals surface area contributed by atoms with Gasteiger partial charge in [-0.25, -0.2) is 0 Å². The number of aliphatic hydroxyl groups is 1. The first-order chi connectivity index (χ1) is 6.07. The van der Waals surface area contributed by atoms with Crippen LogP contribution in [0.4, 0.5) is 0 Å². The predicted octanol–water partition coefficient (Wildman–Crippen LogP) is 2.46. The highest BCUT2D eigenvalue weighted by Crippen LogP contribution is 2.10. The summed E-state index contributed by atoms with van der Waals surface area (Å²) in [5.74, 6) is 0.00652. The lowest BCUT2D eigenvalue weighted by molar-refractivity contribution is -0.112. The average molecular weight is 184 g/mol. The fraction of sp³-hybridized carbons (Fsp3) is 0.727. The molecule has 1 atom stereocenters. The van der Waals surface area contributed by atoms with Crippen LogP contribution in [0, 0.1) is 0 Å². The van der Waals surface area contributed by atoms with Crippen molar-refractivity contribution in [2.45, 2.75) is 52.6 Å². The van der Waals surface area contributed by atoms with Crippen molar-refractivity contribution in [1.82, 2.24) is 0 Å². The highest BCUT2D eigenvalue weighted by atomic mass is 16.3. The normalized spacial score (nSPS) is 14.3. The maximum Gasteiger partial charge on any atom is 0.152 e. The van der Waals surface area contributed by atoms with Crippen LogP contribution in [0.15, 0.2) is 11.6 Å². The summed E-state index contributed by atoms with van der Waals surface area (Å²) in [6.07, 6.45) is 5.17. The summed E-state index contributed by atoms with van der Waals surface area (Å²) in [4.78, 5) is 10.7. The van der Waals surface area contributed by atoms with Crippen LogP contribution in [0.3, 0.4) is 0 Å². The second-order valence-corrected chi connectivity index (χ2v) is 3.51. The molecule has 0 fully saturated rings. The molecule has 0 aromatic rings. The molecule has 2 nitrogen and oxygen atoms in total. The molecule has 0 heterocycles. The maximum atomic E-state index is 10.7. The van der Waals surface area contributed by atoms with Crippen molar-refractivity contribution >= 4 is 5.78 Å². The van der Waals surface area contributed by atoms with Crippen LogP contribution in [-0.4, -0.2) is 17.0 Å². The Kier molecular flexibility index (Phi) is 6.51. The Labute approximate surface area is 80.7 Å². The summed E-state index contributed by atoms with van der Waals surface area (Å²) >= 11 is 0. The van der Waals surface area contributed by atoms with Gasteiger partial charge >= 0.3 is 0 Å². The molecular weight excluding hydrogens is 164 g/mol. The zero-order valence-corrected chi connectivity index (χ0v) is 8.84. The van der Waals surface area contributed by atoms with Crippen molar-refractivity contribution in [3.05, 3.63) is 11.6 Å². The molecule has 0 aliphatic carbocycles. The van der Waals surface area contributed by atoms with E-state index in [9.17, 15) is 9.90 Å². The minimum absolute atomic E-state index is 0.00652. The highest BCUT2D eigenvalue weighted by molar-refractivity contribution is 5.87. The van der Waals surface area contributed by atoms with E-state index in [0.717, 1.165) is 31.3 Å². The molecule has 0 radical (unpaired) electrons. The van der Waals surface area contributed by atoms with Gasteiger partial charge in [0.15, 0.2) is 5.78 Å². The minimum Gasteiger partial charge on any atom is -0.389 e. The van der Waals surface area contributed by atoms with Crippen LogP contribution in [0.1, 0.15) is 46.5 Å². The lowest BCUT2D eigenvalue weighted by atomic mass is 10.0. The maximum absolute atomic E-state index is 10.7. The molecule has 0 bridgehead atoms. The molecule has 0 aliphatic rings. The van der Waals surface area contributed by atoms with Crippen LogP contribution in [0.25, 0.3) is 0 Å². The Balaban J connectivity index is 3.82. The number of carbonyl (C=O) groups is 1. The van der Waals surface area contributed by atoms with E-state index in [4.69, 9.17) is 0 Å². The first kappa shape index (κ1) is 12.4. The summed E-state index contributed by atoms with van der Waals surface area (Å²) in [7, 11) is 0. The van der Waals surface area contributed by atoms with Crippen molar-refractivity contribution in [3.63, 3.8) is 0 Å². The fourth-order valence-corrected chi connectivity index (χ4v) is 1.23. The van der Waals surface area contributed by atoms with Crippen LogP contribution in [-0.2, 0) is 4.79 Å². The summed E-state index contributed by atoms with van der Waals surface area (Å²) < 4.78 is 0. The molecule has 0 rings (SSSR count). The number of ketones is 1. The van der Waals surface area contributed by atoms with Gasteiger partial charge in [0.2, 0.25) is 0 Å². The van der Waals surface area contributed by atoms with E-state index >= 15 is 0 Å². The van der Waals surface area contributed by atoms with E-state index in [0.29, 0.717) is 0 Å². The number of allylic oxidation sites excluding steroid dienone is 1. The van der Waals surface area contributed by atoms with Gasteiger partial charge < -0.3 is 5.11 Å². The van der Waals surface area contributed by atoms with Gasteiger partial charge in [-0.2, -0.15) is 0 Å².